The predicted octanol–water partition coefficient (Wildman–Crippen LogP) is 1.83. The molecule has 114 valence electrons. The molecule has 0 spiro atoms. The number of carbonyl (C=O) groups excluding carboxylic acids is 1. The number of rotatable bonds is 4. The van der Waals surface area contributed by atoms with Crippen molar-refractivity contribution in [2.24, 2.45) is 5.41 Å². The fourth-order valence-electron chi connectivity index (χ4n) is 2.73. The maximum Gasteiger partial charge on any atom is 0.315 e. The van der Waals surface area contributed by atoms with Gasteiger partial charge in [-0.25, -0.2) is 4.79 Å². The van der Waals surface area contributed by atoms with Crippen LogP contribution in [0.3, 0.4) is 0 Å². The van der Waals surface area contributed by atoms with Crippen molar-refractivity contribution in [2.45, 2.75) is 45.7 Å². The Hall–Kier alpha value is -2.11. The third-order valence-corrected chi connectivity index (χ3v) is 4.29. The second kappa shape index (κ2) is 6.11. The molecule has 2 unspecified atom stereocenters. The van der Waals surface area contributed by atoms with E-state index in [0.29, 0.717) is 19.4 Å². The molecule has 1 aromatic rings. The van der Waals surface area contributed by atoms with Gasteiger partial charge in [0.2, 0.25) is 0 Å². The van der Waals surface area contributed by atoms with E-state index in [1.165, 1.54) is 0 Å². The van der Waals surface area contributed by atoms with Gasteiger partial charge in [0.15, 0.2) is 0 Å². The van der Waals surface area contributed by atoms with Crippen LogP contribution in [0.4, 0.5) is 4.79 Å². The highest BCUT2D eigenvalue weighted by Crippen LogP contribution is 2.38. The summed E-state index contributed by atoms with van der Waals surface area (Å²) in [5.41, 5.74) is 0.937. The van der Waals surface area contributed by atoms with Crippen LogP contribution in [0, 0.1) is 12.3 Å². The van der Waals surface area contributed by atoms with E-state index in [9.17, 15) is 14.7 Å². The third-order valence-electron chi connectivity index (χ3n) is 4.29. The molecule has 0 radical (unpaired) electrons. The number of urea groups is 1. The van der Waals surface area contributed by atoms with Crippen molar-refractivity contribution >= 4 is 12.0 Å². The Labute approximate surface area is 124 Å². The number of amides is 2. The maximum absolute atomic E-state index is 12.0. The molecule has 1 aromatic heterocycles. The van der Waals surface area contributed by atoms with Crippen molar-refractivity contribution in [3.8, 4) is 0 Å². The minimum atomic E-state index is -0.877. The molecule has 0 bridgehead atoms. The first kappa shape index (κ1) is 15.3. The molecule has 1 fully saturated rings. The number of pyridine rings is 1. The van der Waals surface area contributed by atoms with E-state index in [2.05, 4.69) is 15.6 Å². The molecule has 6 nitrogen and oxygen atoms in total. The van der Waals surface area contributed by atoms with Gasteiger partial charge >= 0.3 is 12.0 Å². The van der Waals surface area contributed by atoms with E-state index in [1.807, 2.05) is 19.1 Å². The first-order valence-corrected chi connectivity index (χ1v) is 7.12. The van der Waals surface area contributed by atoms with Crippen LogP contribution in [0.15, 0.2) is 18.3 Å². The number of hydrogen-bond donors (Lipinski definition) is 3. The van der Waals surface area contributed by atoms with Crippen LogP contribution in [0.25, 0.3) is 0 Å². The lowest BCUT2D eigenvalue weighted by Gasteiger charge is -2.27. The summed E-state index contributed by atoms with van der Waals surface area (Å²) in [5, 5.41) is 14.8. The standard InChI is InChI=1S/C15H21N3O3/c1-10-5-4-8-16-11(10)9-17-14(21)18-12-6-3-7-15(12,2)13(19)20/h4-5,8,12H,3,6-7,9H2,1-2H3,(H,19,20)(H2,17,18,21). The number of hydrogen-bond acceptors (Lipinski definition) is 3. The second-order valence-corrected chi connectivity index (χ2v) is 5.76. The first-order valence-electron chi connectivity index (χ1n) is 7.12. The van der Waals surface area contributed by atoms with Gasteiger partial charge in [0, 0.05) is 12.2 Å². The monoisotopic (exact) mass is 291 g/mol. The van der Waals surface area contributed by atoms with E-state index in [4.69, 9.17) is 0 Å². The van der Waals surface area contributed by atoms with Crippen LogP contribution >= 0.6 is 0 Å². The van der Waals surface area contributed by atoms with Crippen LogP contribution in [0.1, 0.15) is 37.4 Å². The van der Waals surface area contributed by atoms with Crippen molar-refractivity contribution in [2.75, 3.05) is 0 Å². The zero-order valence-electron chi connectivity index (χ0n) is 12.3. The summed E-state index contributed by atoms with van der Waals surface area (Å²) in [6.45, 7) is 3.95. The molecule has 1 aliphatic rings. The Kier molecular flexibility index (Phi) is 4.45. The van der Waals surface area contributed by atoms with Gasteiger partial charge in [0.05, 0.1) is 17.7 Å². The highest BCUT2D eigenvalue weighted by molar-refractivity contribution is 5.79. The molecule has 2 atom stereocenters. The zero-order valence-corrected chi connectivity index (χ0v) is 12.3. The van der Waals surface area contributed by atoms with E-state index in [0.717, 1.165) is 17.7 Å². The lowest BCUT2D eigenvalue weighted by atomic mass is 9.85. The normalized spacial score (nSPS) is 24.6. The Morgan fingerprint density at radius 2 is 2.29 bits per heavy atom. The number of carbonyl (C=O) groups is 2. The van der Waals surface area contributed by atoms with Gasteiger partial charge < -0.3 is 15.7 Å². The topological polar surface area (TPSA) is 91.3 Å². The molecule has 0 aliphatic heterocycles. The highest BCUT2D eigenvalue weighted by atomic mass is 16.4. The molecule has 2 rings (SSSR count). The van der Waals surface area contributed by atoms with Crippen molar-refractivity contribution in [1.29, 1.82) is 0 Å². The summed E-state index contributed by atoms with van der Waals surface area (Å²) in [6.07, 6.45) is 3.78. The number of aromatic nitrogens is 1. The van der Waals surface area contributed by atoms with Crippen LogP contribution < -0.4 is 10.6 Å². The maximum atomic E-state index is 12.0. The summed E-state index contributed by atoms with van der Waals surface area (Å²) >= 11 is 0. The van der Waals surface area contributed by atoms with E-state index in [1.54, 1.807) is 13.1 Å². The predicted molar refractivity (Wildman–Crippen MR) is 77.7 cm³/mol. The third kappa shape index (κ3) is 3.32. The van der Waals surface area contributed by atoms with Gasteiger partial charge in [-0.1, -0.05) is 12.5 Å². The van der Waals surface area contributed by atoms with Gasteiger partial charge in [-0.3, -0.25) is 9.78 Å². The van der Waals surface area contributed by atoms with Gasteiger partial charge in [-0.2, -0.15) is 0 Å². The van der Waals surface area contributed by atoms with E-state index < -0.39 is 11.4 Å². The number of aliphatic carboxylic acids is 1. The molecular weight excluding hydrogens is 270 g/mol. The van der Waals surface area contributed by atoms with Crippen molar-refractivity contribution in [3.63, 3.8) is 0 Å². The molecule has 1 aliphatic carbocycles. The fourth-order valence-corrected chi connectivity index (χ4v) is 2.73. The van der Waals surface area contributed by atoms with Gasteiger partial charge in [-0.05, 0) is 38.3 Å². The van der Waals surface area contributed by atoms with Crippen molar-refractivity contribution in [1.82, 2.24) is 15.6 Å². The molecule has 0 saturated heterocycles. The lowest BCUT2D eigenvalue weighted by Crippen LogP contribution is -2.50. The Morgan fingerprint density at radius 3 is 2.95 bits per heavy atom. The number of carboxylic acids is 1. The van der Waals surface area contributed by atoms with Gasteiger partial charge in [-0.15, -0.1) is 0 Å². The van der Waals surface area contributed by atoms with Gasteiger partial charge in [0.25, 0.3) is 0 Å². The second-order valence-electron chi connectivity index (χ2n) is 5.76. The summed E-state index contributed by atoms with van der Waals surface area (Å²) < 4.78 is 0. The summed E-state index contributed by atoms with van der Waals surface area (Å²) in [6, 6.07) is 3.09. The molecule has 6 heteroatoms. The SMILES string of the molecule is Cc1cccnc1CNC(=O)NC1CCCC1(C)C(=O)O. The quantitative estimate of drug-likeness (QED) is 0.789. The van der Waals surface area contributed by atoms with Gasteiger partial charge in [0.1, 0.15) is 0 Å². The van der Waals surface area contributed by atoms with Crippen molar-refractivity contribution < 1.29 is 14.7 Å². The van der Waals surface area contributed by atoms with Crippen molar-refractivity contribution in [3.05, 3.63) is 29.6 Å². The fraction of sp³-hybridized carbons (Fsp3) is 0.533. The average molecular weight is 291 g/mol. The number of carboxylic acid groups (broad SMARTS) is 1. The molecule has 3 N–H and O–H groups in total. The summed E-state index contributed by atoms with van der Waals surface area (Å²) in [7, 11) is 0. The minimum absolute atomic E-state index is 0.328. The molecule has 1 heterocycles. The lowest BCUT2D eigenvalue weighted by molar-refractivity contribution is -0.148. The van der Waals surface area contributed by atoms with E-state index in [-0.39, 0.29) is 12.1 Å². The molecular formula is C15H21N3O3. The summed E-state index contributed by atoms with van der Waals surface area (Å²) in [5.74, 6) is -0.856. The molecule has 21 heavy (non-hydrogen) atoms. The van der Waals surface area contributed by atoms with Crippen LogP contribution in [-0.4, -0.2) is 28.1 Å². The average Bonchev–Trinajstić information content (AvgIpc) is 2.81. The van der Waals surface area contributed by atoms with E-state index >= 15 is 0 Å². The molecule has 2 amide bonds. The largest absolute Gasteiger partial charge is 0.481 e. The summed E-state index contributed by atoms with van der Waals surface area (Å²) in [4.78, 5) is 27.5. The first-order chi connectivity index (χ1) is 9.93. The Morgan fingerprint density at radius 1 is 1.52 bits per heavy atom. The zero-order chi connectivity index (χ0) is 15.5. The van der Waals surface area contributed by atoms with Crippen LogP contribution in [-0.2, 0) is 11.3 Å². The highest BCUT2D eigenvalue weighted by Gasteiger charge is 2.45. The molecule has 0 aromatic carbocycles. The van der Waals surface area contributed by atoms with Crippen LogP contribution in [0.2, 0.25) is 0 Å². The Bertz CT molecular complexity index is 547. The smallest absolute Gasteiger partial charge is 0.315 e. The Balaban J connectivity index is 1.90. The minimum Gasteiger partial charge on any atom is -0.481 e. The molecule has 1 saturated carbocycles. The number of aryl methyl sites for hydroxylation is 1. The number of nitrogens with one attached hydrogen (secondary N) is 2. The number of nitrogens with zero attached hydrogens (tertiary/aromatic N) is 1. The van der Waals surface area contributed by atoms with Crippen LogP contribution in [0.5, 0.6) is 0 Å².